The van der Waals surface area contributed by atoms with Gasteiger partial charge in [-0.3, -0.25) is 0 Å². The van der Waals surface area contributed by atoms with Crippen LogP contribution in [0.2, 0.25) is 0 Å². The predicted molar refractivity (Wildman–Crippen MR) is 49.7 cm³/mol. The molecule has 1 aromatic heterocycles. The highest BCUT2D eigenvalue weighted by atomic mass is 79.9. The zero-order valence-electron chi connectivity index (χ0n) is 7.00. The third-order valence-electron chi connectivity index (χ3n) is 1.29. The minimum Gasteiger partial charge on any atom is -0.491 e. The highest BCUT2D eigenvalue weighted by molar-refractivity contribution is 9.10. The Bertz CT molecular complexity index is 265. The van der Waals surface area contributed by atoms with Crippen molar-refractivity contribution < 1.29 is 9.47 Å². The molecular weight excluding hydrogens is 222 g/mol. The number of ether oxygens (including phenoxy) is 2. The molecule has 1 heterocycles. The van der Waals surface area contributed by atoms with Crippen LogP contribution in [-0.4, -0.2) is 18.7 Å². The van der Waals surface area contributed by atoms with Gasteiger partial charge in [0.1, 0.15) is 0 Å². The van der Waals surface area contributed by atoms with E-state index >= 15 is 0 Å². The van der Waals surface area contributed by atoms with Gasteiger partial charge in [-0.1, -0.05) is 0 Å². The molecule has 0 aliphatic rings. The first-order valence-electron chi connectivity index (χ1n) is 3.60. The number of nitrogens with zero attached hydrogens (tertiary/aromatic N) is 1. The zero-order valence-corrected chi connectivity index (χ0v) is 8.59. The van der Waals surface area contributed by atoms with Crippen LogP contribution in [0.5, 0.6) is 11.6 Å². The van der Waals surface area contributed by atoms with Gasteiger partial charge in [0.15, 0.2) is 5.75 Å². The molecule has 0 fully saturated rings. The summed E-state index contributed by atoms with van der Waals surface area (Å²) in [6, 6.07) is 1.82. The molecule has 66 valence electrons. The summed E-state index contributed by atoms with van der Waals surface area (Å²) >= 11 is 3.29. The SMILES string of the molecule is CCOc1ncc(Br)cc1OC. The van der Waals surface area contributed by atoms with Crippen molar-refractivity contribution in [2.45, 2.75) is 6.92 Å². The second-order valence-electron chi connectivity index (χ2n) is 2.09. The van der Waals surface area contributed by atoms with E-state index in [-0.39, 0.29) is 0 Å². The summed E-state index contributed by atoms with van der Waals surface area (Å²) in [5.74, 6) is 1.18. The molecule has 0 aliphatic heterocycles. The summed E-state index contributed by atoms with van der Waals surface area (Å²) in [7, 11) is 1.59. The number of hydrogen-bond donors (Lipinski definition) is 0. The standard InChI is InChI=1S/C8H10BrNO2/c1-3-12-8-7(11-2)4-6(9)5-10-8/h4-5H,3H2,1-2H3. The van der Waals surface area contributed by atoms with E-state index < -0.39 is 0 Å². The summed E-state index contributed by atoms with van der Waals surface area (Å²) in [6.45, 7) is 2.49. The highest BCUT2D eigenvalue weighted by Crippen LogP contribution is 2.26. The van der Waals surface area contributed by atoms with Crippen molar-refractivity contribution in [3.8, 4) is 11.6 Å². The van der Waals surface area contributed by atoms with Gasteiger partial charge in [-0.25, -0.2) is 4.98 Å². The molecule has 0 unspecified atom stereocenters. The molecule has 0 N–H and O–H groups in total. The number of hydrogen-bond acceptors (Lipinski definition) is 3. The molecule has 0 aliphatic carbocycles. The van der Waals surface area contributed by atoms with E-state index in [1.165, 1.54) is 0 Å². The molecule has 0 saturated carbocycles. The van der Waals surface area contributed by atoms with Gasteiger partial charge in [0.05, 0.1) is 13.7 Å². The topological polar surface area (TPSA) is 31.4 Å². The largest absolute Gasteiger partial charge is 0.491 e. The molecule has 0 amide bonds. The Morgan fingerprint density at radius 2 is 2.33 bits per heavy atom. The van der Waals surface area contributed by atoms with Crippen molar-refractivity contribution in [3.63, 3.8) is 0 Å². The summed E-state index contributed by atoms with van der Waals surface area (Å²) in [6.07, 6.45) is 1.67. The van der Waals surface area contributed by atoms with E-state index in [0.29, 0.717) is 18.2 Å². The molecule has 0 saturated heterocycles. The Balaban J connectivity index is 2.94. The number of halogens is 1. The van der Waals surface area contributed by atoms with Crippen LogP contribution in [0.15, 0.2) is 16.7 Å². The third kappa shape index (κ3) is 2.11. The first-order valence-corrected chi connectivity index (χ1v) is 4.39. The van der Waals surface area contributed by atoms with Crippen LogP contribution in [0, 0.1) is 0 Å². The Morgan fingerprint density at radius 1 is 1.58 bits per heavy atom. The lowest BCUT2D eigenvalue weighted by atomic mass is 10.4. The number of pyridine rings is 1. The normalized spacial score (nSPS) is 9.58. The maximum Gasteiger partial charge on any atom is 0.257 e. The zero-order chi connectivity index (χ0) is 8.97. The fourth-order valence-electron chi connectivity index (χ4n) is 0.800. The summed E-state index contributed by atoms with van der Waals surface area (Å²) < 4.78 is 11.2. The molecule has 1 aromatic rings. The molecule has 3 nitrogen and oxygen atoms in total. The number of aromatic nitrogens is 1. The minimum atomic E-state index is 0.531. The number of rotatable bonds is 3. The van der Waals surface area contributed by atoms with Crippen LogP contribution in [-0.2, 0) is 0 Å². The fourth-order valence-corrected chi connectivity index (χ4v) is 1.11. The van der Waals surface area contributed by atoms with Gasteiger partial charge in [-0.05, 0) is 22.9 Å². The van der Waals surface area contributed by atoms with Crippen LogP contribution in [0.1, 0.15) is 6.92 Å². The van der Waals surface area contributed by atoms with E-state index in [1.807, 2.05) is 13.0 Å². The van der Waals surface area contributed by atoms with Crippen molar-refractivity contribution in [1.29, 1.82) is 0 Å². The molecular formula is C8H10BrNO2. The molecule has 12 heavy (non-hydrogen) atoms. The average Bonchev–Trinajstić information content (AvgIpc) is 2.08. The van der Waals surface area contributed by atoms with E-state index in [2.05, 4.69) is 20.9 Å². The first kappa shape index (κ1) is 9.32. The van der Waals surface area contributed by atoms with Crippen molar-refractivity contribution in [2.24, 2.45) is 0 Å². The van der Waals surface area contributed by atoms with Gasteiger partial charge in [-0.2, -0.15) is 0 Å². The van der Waals surface area contributed by atoms with Gasteiger partial charge < -0.3 is 9.47 Å². The lowest BCUT2D eigenvalue weighted by molar-refractivity contribution is 0.298. The molecule has 0 aromatic carbocycles. The summed E-state index contributed by atoms with van der Waals surface area (Å²) in [5.41, 5.74) is 0. The Labute approximate surface area is 79.8 Å². The molecule has 0 atom stereocenters. The first-order chi connectivity index (χ1) is 5.77. The second kappa shape index (κ2) is 4.30. The van der Waals surface area contributed by atoms with Crippen molar-refractivity contribution >= 4 is 15.9 Å². The second-order valence-corrected chi connectivity index (χ2v) is 3.01. The lowest BCUT2D eigenvalue weighted by Crippen LogP contribution is -1.97. The van der Waals surface area contributed by atoms with Gasteiger partial charge in [0.2, 0.25) is 0 Å². The van der Waals surface area contributed by atoms with Crippen LogP contribution in [0.25, 0.3) is 0 Å². The van der Waals surface area contributed by atoms with E-state index in [0.717, 1.165) is 4.47 Å². The van der Waals surface area contributed by atoms with Gasteiger partial charge in [0.25, 0.3) is 5.88 Å². The van der Waals surface area contributed by atoms with Crippen LogP contribution in [0.4, 0.5) is 0 Å². The maximum atomic E-state index is 5.23. The Morgan fingerprint density at radius 3 is 2.92 bits per heavy atom. The van der Waals surface area contributed by atoms with E-state index in [1.54, 1.807) is 13.3 Å². The predicted octanol–water partition coefficient (Wildman–Crippen LogP) is 2.25. The van der Waals surface area contributed by atoms with Crippen LogP contribution in [0.3, 0.4) is 0 Å². The average molecular weight is 232 g/mol. The summed E-state index contributed by atoms with van der Waals surface area (Å²) in [5, 5.41) is 0. The Hall–Kier alpha value is -0.770. The molecule has 0 radical (unpaired) electrons. The quantitative estimate of drug-likeness (QED) is 0.800. The monoisotopic (exact) mass is 231 g/mol. The molecule has 4 heteroatoms. The third-order valence-corrected chi connectivity index (χ3v) is 1.72. The minimum absolute atomic E-state index is 0.531. The van der Waals surface area contributed by atoms with Crippen molar-refractivity contribution in [1.82, 2.24) is 4.98 Å². The highest BCUT2D eigenvalue weighted by Gasteiger charge is 2.04. The molecule has 1 rings (SSSR count). The smallest absolute Gasteiger partial charge is 0.257 e. The van der Waals surface area contributed by atoms with Crippen LogP contribution >= 0.6 is 15.9 Å². The van der Waals surface area contributed by atoms with Gasteiger partial charge >= 0.3 is 0 Å². The molecule has 0 spiro atoms. The van der Waals surface area contributed by atoms with Crippen molar-refractivity contribution in [3.05, 3.63) is 16.7 Å². The van der Waals surface area contributed by atoms with Gasteiger partial charge in [0, 0.05) is 16.7 Å². The fraction of sp³-hybridized carbons (Fsp3) is 0.375. The van der Waals surface area contributed by atoms with Crippen molar-refractivity contribution in [2.75, 3.05) is 13.7 Å². The van der Waals surface area contributed by atoms with E-state index in [4.69, 9.17) is 9.47 Å². The maximum absolute atomic E-state index is 5.23. The lowest BCUT2D eigenvalue weighted by Gasteiger charge is -2.06. The molecule has 0 bridgehead atoms. The van der Waals surface area contributed by atoms with Gasteiger partial charge in [-0.15, -0.1) is 0 Å². The van der Waals surface area contributed by atoms with E-state index in [9.17, 15) is 0 Å². The summed E-state index contributed by atoms with van der Waals surface area (Å²) in [4.78, 5) is 4.04. The number of methoxy groups -OCH3 is 1. The van der Waals surface area contributed by atoms with Crippen LogP contribution < -0.4 is 9.47 Å². The Kier molecular flexibility index (Phi) is 3.34.